The second-order valence-electron chi connectivity index (χ2n) is 5.63. The Morgan fingerprint density at radius 2 is 2.30 bits per heavy atom. The lowest BCUT2D eigenvalue weighted by molar-refractivity contribution is 0.412. The molecule has 5 nitrogen and oxygen atoms in total. The zero-order valence-electron chi connectivity index (χ0n) is 12.9. The highest BCUT2D eigenvalue weighted by molar-refractivity contribution is 7.15. The van der Waals surface area contributed by atoms with Crippen LogP contribution in [-0.4, -0.2) is 23.0 Å². The van der Waals surface area contributed by atoms with Crippen molar-refractivity contribution in [3.8, 4) is 5.75 Å². The van der Waals surface area contributed by atoms with Crippen LogP contribution in [0.15, 0.2) is 40.6 Å². The quantitative estimate of drug-likeness (QED) is 0.742. The average Bonchev–Trinajstić information content (AvgIpc) is 3.03. The molecule has 0 saturated heterocycles. The number of nitrogens with zero attached hydrogens (tertiary/aromatic N) is 3. The lowest BCUT2D eigenvalue weighted by atomic mass is 10.0. The highest BCUT2D eigenvalue weighted by atomic mass is 32.1. The lowest BCUT2D eigenvalue weighted by Gasteiger charge is -2.32. The van der Waals surface area contributed by atoms with Crippen LogP contribution in [0.1, 0.15) is 17.7 Å². The minimum Gasteiger partial charge on any atom is -0.495 e. The zero-order chi connectivity index (χ0) is 15.8. The Bertz CT molecular complexity index is 901. The van der Waals surface area contributed by atoms with Crippen LogP contribution in [0.3, 0.4) is 0 Å². The van der Waals surface area contributed by atoms with E-state index in [0.29, 0.717) is 6.54 Å². The fourth-order valence-electron chi connectivity index (χ4n) is 3.19. The summed E-state index contributed by atoms with van der Waals surface area (Å²) in [6, 6.07) is 7.80. The molecular formula is C17H17N3O2S. The summed E-state index contributed by atoms with van der Waals surface area (Å²) in [5, 5.41) is 1.88. The number of benzene rings is 1. The summed E-state index contributed by atoms with van der Waals surface area (Å²) in [6.07, 6.45) is 3.92. The Balaban J connectivity index is 1.73. The van der Waals surface area contributed by atoms with E-state index in [0.717, 1.165) is 41.5 Å². The molecule has 1 aromatic carbocycles. The van der Waals surface area contributed by atoms with Crippen molar-refractivity contribution in [2.45, 2.75) is 19.4 Å². The summed E-state index contributed by atoms with van der Waals surface area (Å²) < 4.78 is 7.12. The first kappa shape index (κ1) is 14.3. The third kappa shape index (κ3) is 2.49. The van der Waals surface area contributed by atoms with E-state index in [2.05, 4.69) is 16.0 Å². The molecule has 4 rings (SSSR count). The second kappa shape index (κ2) is 5.70. The van der Waals surface area contributed by atoms with Gasteiger partial charge in [-0.05, 0) is 24.5 Å². The molecule has 23 heavy (non-hydrogen) atoms. The first-order valence-corrected chi connectivity index (χ1v) is 8.51. The molecule has 3 aromatic rings. The maximum absolute atomic E-state index is 12.2. The fraction of sp³-hybridized carbons (Fsp3) is 0.294. The molecule has 0 radical (unpaired) electrons. The highest BCUT2D eigenvalue weighted by Gasteiger charge is 2.21. The number of fused-ring (bicyclic) bond motifs is 2. The second-order valence-corrected chi connectivity index (χ2v) is 6.51. The molecule has 0 bridgehead atoms. The maximum Gasteiger partial charge on any atom is 0.258 e. The smallest absolute Gasteiger partial charge is 0.258 e. The van der Waals surface area contributed by atoms with Crippen LogP contribution in [-0.2, 0) is 13.0 Å². The van der Waals surface area contributed by atoms with Crippen LogP contribution in [0.5, 0.6) is 5.75 Å². The molecule has 0 unspecified atom stereocenters. The minimum absolute atomic E-state index is 0.0245. The number of para-hydroxylation sites is 1. The van der Waals surface area contributed by atoms with Gasteiger partial charge >= 0.3 is 0 Å². The van der Waals surface area contributed by atoms with Gasteiger partial charge < -0.3 is 9.64 Å². The van der Waals surface area contributed by atoms with Crippen LogP contribution in [0.4, 0.5) is 5.69 Å². The molecule has 1 aliphatic rings. The number of methoxy groups -OCH3 is 1. The molecule has 1 aliphatic heterocycles. The monoisotopic (exact) mass is 327 g/mol. The minimum atomic E-state index is -0.0245. The SMILES string of the molecule is COc1cccc2c1N(Cc1cc(=O)n3ccsc3n1)CCC2. The van der Waals surface area contributed by atoms with Gasteiger partial charge in [-0.1, -0.05) is 12.1 Å². The van der Waals surface area contributed by atoms with E-state index in [9.17, 15) is 4.79 Å². The third-order valence-electron chi connectivity index (χ3n) is 4.20. The normalized spacial score (nSPS) is 14.0. The molecule has 0 N–H and O–H groups in total. The van der Waals surface area contributed by atoms with Crippen LogP contribution >= 0.6 is 11.3 Å². The molecule has 0 atom stereocenters. The van der Waals surface area contributed by atoms with Crippen molar-refractivity contribution in [1.29, 1.82) is 0 Å². The summed E-state index contributed by atoms with van der Waals surface area (Å²) in [5.41, 5.74) is 3.21. The zero-order valence-corrected chi connectivity index (χ0v) is 13.7. The number of aryl methyl sites for hydroxylation is 1. The molecule has 0 spiro atoms. The van der Waals surface area contributed by atoms with Crippen molar-refractivity contribution >= 4 is 22.0 Å². The van der Waals surface area contributed by atoms with E-state index >= 15 is 0 Å². The number of hydrogen-bond acceptors (Lipinski definition) is 5. The number of ether oxygens (including phenoxy) is 1. The molecule has 0 aliphatic carbocycles. The van der Waals surface area contributed by atoms with Gasteiger partial charge in [0.1, 0.15) is 5.75 Å². The van der Waals surface area contributed by atoms with Gasteiger partial charge in [0.2, 0.25) is 0 Å². The van der Waals surface area contributed by atoms with Gasteiger partial charge in [0.25, 0.3) is 5.56 Å². The lowest BCUT2D eigenvalue weighted by Crippen LogP contribution is -2.30. The van der Waals surface area contributed by atoms with E-state index < -0.39 is 0 Å². The van der Waals surface area contributed by atoms with Crippen molar-refractivity contribution in [2.24, 2.45) is 0 Å². The van der Waals surface area contributed by atoms with Gasteiger partial charge in [0.05, 0.1) is 25.0 Å². The Kier molecular flexibility index (Phi) is 3.53. The summed E-state index contributed by atoms with van der Waals surface area (Å²) in [4.78, 5) is 19.8. The van der Waals surface area contributed by atoms with E-state index in [1.807, 2.05) is 17.5 Å². The van der Waals surface area contributed by atoms with Gasteiger partial charge in [-0.3, -0.25) is 9.20 Å². The topological polar surface area (TPSA) is 46.8 Å². The summed E-state index contributed by atoms with van der Waals surface area (Å²) in [6.45, 7) is 1.57. The predicted octanol–water partition coefficient (Wildman–Crippen LogP) is 2.72. The Morgan fingerprint density at radius 1 is 1.39 bits per heavy atom. The van der Waals surface area contributed by atoms with Crippen molar-refractivity contribution in [3.05, 3.63) is 57.5 Å². The van der Waals surface area contributed by atoms with E-state index in [-0.39, 0.29) is 5.56 Å². The number of anilines is 1. The van der Waals surface area contributed by atoms with Gasteiger partial charge in [0, 0.05) is 24.2 Å². The number of hydrogen-bond donors (Lipinski definition) is 0. The van der Waals surface area contributed by atoms with Crippen LogP contribution in [0.25, 0.3) is 4.96 Å². The molecule has 118 valence electrons. The van der Waals surface area contributed by atoms with Crippen molar-refractivity contribution in [3.63, 3.8) is 0 Å². The molecule has 0 amide bonds. The first-order chi connectivity index (χ1) is 11.3. The number of rotatable bonds is 3. The molecule has 3 heterocycles. The van der Waals surface area contributed by atoms with Gasteiger partial charge in [-0.2, -0.15) is 0 Å². The first-order valence-electron chi connectivity index (χ1n) is 7.63. The van der Waals surface area contributed by atoms with E-state index in [4.69, 9.17) is 4.74 Å². The standard InChI is InChI=1S/C17H17N3O2S/c1-22-14-6-2-4-12-5-3-7-19(16(12)14)11-13-10-15(21)20-8-9-23-17(20)18-13/h2,4,6,8-10H,3,5,7,11H2,1H3. The Labute approximate surface area is 137 Å². The van der Waals surface area contributed by atoms with Gasteiger partial charge in [0.15, 0.2) is 4.96 Å². The van der Waals surface area contributed by atoms with Crippen LogP contribution in [0, 0.1) is 0 Å². The summed E-state index contributed by atoms with van der Waals surface area (Å²) in [5.74, 6) is 0.885. The maximum atomic E-state index is 12.2. The number of aromatic nitrogens is 2. The molecule has 0 fully saturated rings. The molecule has 6 heteroatoms. The van der Waals surface area contributed by atoms with Crippen LogP contribution in [0.2, 0.25) is 0 Å². The Hall–Kier alpha value is -2.34. The largest absolute Gasteiger partial charge is 0.495 e. The summed E-state index contributed by atoms with van der Waals surface area (Å²) in [7, 11) is 1.70. The summed E-state index contributed by atoms with van der Waals surface area (Å²) >= 11 is 1.48. The predicted molar refractivity (Wildman–Crippen MR) is 91.7 cm³/mol. The van der Waals surface area contributed by atoms with Crippen LogP contribution < -0.4 is 15.2 Å². The van der Waals surface area contributed by atoms with E-state index in [1.165, 1.54) is 16.9 Å². The van der Waals surface area contributed by atoms with E-state index in [1.54, 1.807) is 23.8 Å². The highest BCUT2D eigenvalue weighted by Crippen LogP contribution is 2.36. The van der Waals surface area contributed by atoms with Crippen molar-refractivity contribution in [2.75, 3.05) is 18.6 Å². The third-order valence-corrected chi connectivity index (χ3v) is 4.96. The van der Waals surface area contributed by atoms with Gasteiger partial charge in [-0.25, -0.2) is 4.98 Å². The fourth-order valence-corrected chi connectivity index (χ4v) is 3.93. The molecule has 2 aromatic heterocycles. The molecule has 0 saturated carbocycles. The average molecular weight is 327 g/mol. The number of thiazole rings is 1. The van der Waals surface area contributed by atoms with Gasteiger partial charge in [-0.15, -0.1) is 11.3 Å². The van der Waals surface area contributed by atoms with Crippen molar-refractivity contribution in [1.82, 2.24) is 9.38 Å². The Morgan fingerprint density at radius 3 is 3.17 bits per heavy atom. The van der Waals surface area contributed by atoms with Crippen molar-refractivity contribution < 1.29 is 4.74 Å². The molecular weight excluding hydrogens is 310 g/mol.